The number of aromatic nitrogens is 2. The van der Waals surface area contributed by atoms with E-state index in [9.17, 15) is 5.11 Å². The molecule has 1 aromatic heterocycles. The Morgan fingerprint density at radius 1 is 1.32 bits per heavy atom. The first kappa shape index (κ1) is 16.2. The van der Waals surface area contributed by atoms with Gasteiger partial charge in [0.1, 0.15) is 18.5 Å². The van der Waals surface area contributed by atoms with E-state index in [0.717, 1.165) is 31.7 Å². The maximum absolute atomic E-state index is 10.4. The second-order valence-corrected chi connectivity index (χ2v) is 6.50. The number of rotatable bonds is 7. The highest BCUT2D eigenvalue weighted by molar-refractivity contribution is 5.46. The van der Waals surface area contributed by atoms with Gasteiger partial charge in [0.05, 0.1) is 6.54 Å². The van der Waals surface area contributed by atoms with Crippen molar-refractivity contribution >= 4 is 0 Å². The molecule has 1 N–H and O–H groups in total. The van der Waals surface area contributed by atoms with Gasteiger partial charge in [0.2, 0.25) is 6.79 Å². The quantitative estimate of drug-likeness (QED) is 0.820. The molecule has 0 bridgehead atoms. The molecular formula is C18H23N3O4. The third-order valence-corrected chi connectivity index (χ3v) is 4.69. The average Bonchev–Trinajstić information content (AvgIpc) is 3.35. The average molecular weight is 345 g/mol. The Morgan fingerprint density at radius 2 is 2.24 bits per heavy atom. The summed E-state index contributed by atoms with van der Waals surface area (Å²) < 4.78 is 18.3. The van der Waals surface area contributed by atoms with E-state index in [1.54, 1.807) is 12.3 Å². The Morgan fingerprint density at radius 3 is 3.12 bits per heavy atom. The molecule has 1 fully saturated rings. The Hall–Kier alpha value is -2.25. The third kappa shape index (κ3) is 3.88. The van der Waals surface area contributed by atoms with Crippen LogP contribution in [-0.2, 0) is 6.54 Å². The van der Waals surface area contributed by atoms with Crippen molar-refractivity contribution < 1.29 is 19.3 Å². The SMILES string of the molecule is O[C@@H](COc1ccc2c(c1)OCO2)CN1CCC[C@@H]1Cn1cccn1. The van der Waals surface area contributed by atoms with Crippen molar-refractivity contribution in [1.29, 1.82) is 0 Å². The lowest BCUT2D eigenvalue weighted by atomic mass is 10.2. The van der Waals surface area contributed by atoms with Crippen molar-refractivity contribution in [2.75, 3.05) is 26.5 Å². The van der Waals surface area contributed by atoms with Gasteiger partial charge < -0.3 is 19.3 Å². The summed E-state index contributed by atoms with van der Waals surface area (Å²) in [6, 6.07) is 7.81. The van der Waals surface area contributed by atoms with Gasteiger partial charge in [-0.05, 0) is 37.6 Å². The van der Waals surface area contributed by atoms with Gasteiger partial charge in [0, 0.05) is 31.0 Å². The van der Waals surface area contributed by atoms with Crippen LogP contribution in [0, 0.1) is 0 Å². The first-order valence-corrected chi connectivity index (χ1v) is 8.70. The van der Waals surface area contributed by atoms with E-state index in [1.807, 2.05) is 29.1 Å². The zero-order chi connectivity index (χ0) is 17.1. The minimum atomic E-state index is -0.538. The number of fused-ring (bicyclic) bond motifs is 1. The number of hydrogen-bond donors (Lipinski definition) is 1. The molecule has 2 atom stereocenters. The van der Waals surface area contributed by atoms with Gasteiger partial charge in [-0.15, -0.1) is 0 Å². The molecule has 1 saturated heterocycles. The summed E-state index contributed by atoms with van der Waals surface area (Å²) in [5.41, 5.74) is 0. The van der Waals surface area contributed by atoms with E-state index in [2.05, 4.69) is 10.00 Å². The van der Waals surface area contributed by atoms with Crippen LogP contribution in [0.15, 0.2) is 36.7 Å². The second kappa shape index (κ2) is 7.33. The van der Waals surface area contributed by atoms with Crippen molar-refractivity contribution in [2.45, 2.75) is 31.5 Å². The van der Waals surface area contributed by atoms with Crippen molar-refractivity contribution in [3.8, 4) is 17.2 Å². The Bertz CT molecular complexity index is 692. The Balaban J connectivity index is 1.27. The summed E-state index contributed by atoms with van der Waals surface area (Å²) in [5.74, 6) is 2.09. The highest BCUT2D eigenvalue weighted by Crippen LogP contribution is 2.35. The number of ether oxygens (including phenoxy) is 3. The van der Waals surface area contributed by atoms with Crippen LogP contribution in [0.1, 0.15) is 12.8 Å². The number of aliphatic hydroxyl groups is 1. The zero-order valence-corrected chi connectivity index (χ0v) is 14.1. The summed E-state index contributed by atoms with van der Waals surface area (Å²) in [6.45, 7) is 2.98. The first-order valence-electron chi connectivity index (χ1n) is 8.70. The predicted molar refractivity (Wildman–Crippen MR) is 90.9 cm³/mol. The zero-order valence-electron chi connectivity index (χ0n) is 14.1. The van der Waals surface area contributed by atoms with Crippen LogP contribution < -0.4 is 14.2 Å². The summed E-state index contributed by atoms with van der Waals surface area (Å²) in [4.78, 5) is 2.33. The molecule has 7 nitrogen and oxygen atoms in total. The maximum atomic E-state index is 10.4. The lowest BCUT2D eigenvalue weighted by Gasteiger charge is -2.26. The Labute approximate surface area is 146 Å². The second-order valence-electron chi connectivity index (χ2n) is 6.50. The fraction of sp³-hybridized carbons (Fsp3) is 0.500. The van der Waals surface area contributed by atoms with Crippen LogP contribution >= 0.6 is 0 Å². The van der Waals surface area contributed by atoms with E-state index in [0.29, 0.717) is 24.1 Å². The molecular weight excluding hydrogens is 322 g/mol. The molecule has 4 rings (SSSR count). The molecule has 25 heavy (non-hydrogen) atoms. The smallest absolute Gasteiger partial charge is 0.231 e. The molecule has 7 heteroatoms. The minimum absolute atomic E-state index is 0.244. The number of hydrogen-bond acceptors (Lipinski definition) is 6. The molecule has 0 radical (unpaired) electrons. The van der Waals surface area contributed by atoms with E-state index in [1.165, 1.54) is 0 Å². The van der Waals surface area contributed by atoms with Gasteiger partial charge in [0.25, 0.3) is 0 Å². The minimum Gasteiger partial charge on any atom is -0.491 e. The van der Waals surface area contributed by atoms with E-state index < -0.39 is 6.10 Å². The molecule has 0 spiro atoms. The van der Waals surface area contributed by atoms with Crippen molar-refractivity contribution in [3.05, 3.63) is 36.7 Å². The van der Waals surface area contributed by atoms with Crippen molar-refractivity contribution in [1.82, 2.24) is 14.7 Å². The van der Waals surface area contributed by atoms with E-state index in [4.69, 9.17) is 14.2 Å². The lowest BCUT2D eigenvalue weighted by Crippen LogP contribution is -2.40. The molecule has 0 aliphatic carbocycles. The van der Waals surface area contributed by atoms with Gasteiger partial charge in [0.15, 0.2) is 11.5 Å². The molecule has 0 amide bonds. The Kier molecular flexibility index (Phi) is 4.76. The van der Waals surface area contributed by atoms with Crippen molar-refractivity contribution in [2.24, 2.45) is 0 Å². The van der Waals surface area contributed by atoms with Gasteiger partial charge in [-0.2, -0.15) is 5.10 Å². The number of nitrogens with zero attached hydrogens (tertiary/aromatic N) is 3. The predicted octanol–water partition coefficient (Wildman–Crippen LogP) is 1.52. The summed E-state index contributed by atoms with van der Waals surface area (Å²) in [6.07, 6.45) is 5.53. The molecule has 1 aromatic carbocycles. The van der Waals surface area contributed by atoms with Gasteiger partial charge in [-0.1, -0.05) is 0 Å². The fourth-order valence-corrected chi connectivity index (χ4v) is 3.45. The molecule has 0 saturated carbocycles. The van der Waals surface area contributed by atoms with E-state index in [-0.39, 0.29) is 13.4 Å². The van der Waals surface area contributed by atoms with Crippen molar-refractivity contribution in [3.63, 3.8) is 0 Å². The monoisotopic (exact) mass is 345 g/mol. The molecule has 0 unspecified atom stereocenters. The highest BCUT2D eigenvalue weighted by Gasteiger charge is 2.27. The maximum Gasteiger partial charge on any atom is 0.231 e. The molecule has 134 valence electrons. The lowest BCUT2D eigenvalue weighted by molar-refractivity contribution is 0.0609. The summed E-state index contributed by atoms with van der Waals surface area (Å²) in [7, 11) is 0. The first-order chi connectivity index (χ1) is 12.3. The van der Waals surface area contributed by atoms with Crippen LogP contribution in [-0.4, -0.2) is 58.4 Å². The fourth-order valence-electron chi connectivity index (χ4n) is 3.45. The molecule has 3 heterocycles. The summed E-state index contributed by atoms with van der Waals surface area (Å²) in [5, 5.41) is 14.6. The molecule has 2 aromatic rings. The van der Waals surface area contributed by atoms with Gasteiger partial charge in [-0.25, -0.2) is 0 Å². The van der Waals surface area contributed by atoms with Crippen LogP contribution in [0.25, 0.3) is 0 Å². The normalized spacial score (nSPS) is 20.8. The van der Waals surface area contributed by atoms with Crippen LogP contribution in [0.4, 0.5) is 0 Å². The highest BCUT2D eigenvalue weighted by atomic mass is 16.7. The molecule has 2 aliphatic rings. The summed E-state index contributed by atoms with van der Waals surface area (Å²) >= 11 is 0. The number of aliphatic hydroxyl groups excluding tert-OH is 1. The molecule has 2 aliphatic heterocycles. The topological polar surface area (TPSA) is 69.0 Å². The largest absolute Gasteiger partial charge is 0.491 e. The number of benzene rings is 1. The van der Waals surface area contributed by atoms with Crippen LogP contribution in [0.2, 0.25) is 0 Å². The van der Waals surface area contributed by atoms with Crippen LogP contribution in [0.3, 0.4) is 0 Å². The third-order valence-electron chi connectivity index (χ3n) is 4.69. The van der Waals surface area contributed by atoms with Gasteiger partial charge in [-0.3, -0.25) is 9.58 Å². The number of likely N-dealkylation sites (tertiary alicyclic amines) is 1. The standard InChI is InChI=1S/C18H23N3O4/c22-15(12-23-16-4-5-17-18(9-16)25-13-24-17)11-20-7-1-3-14(20)10-21-8-2-6-19-21/h2,4-6,8-9,14-15,22H,1,3,7,10-13H2/t14-,15-/m1/s1. The van der Waals surface area contributed by atoms with Crippen LogP contribution in [0.5, 0.6) is 17.2 Å². The van der Waals surface area contributed by atoms with Gasteiger partial charge >= 0.3 is 0 Å². The van der Waals surface area contributed by atoms with E-state index >= 15 is 0 Å². The number of β-amino-alcohol motifs (C(OH)–C–C–N with tert-alkyl or cyclic N) is 1.